The summed E-state index contributed by atoms with van der Waals surface area (Å²) in [7, 11) is 0. The molecule has 17 heavy (non-hydrogen) atoms. The fraction of sp³-hybridized carbons (Fsp3) is 0.100. The monoisotopic (exact) mass is 246 g/mol. The van der Waals surface area contributed by atoms with E-state index in [0.717, 1.165) is 6.07 Å². The molecule has 2 N–H and O–H groups in total. The summed E-state index contributed by atoms with van der Waals surface area (Å²) in [6.45, 7) is 0. The highest BCUT2D eigenvalue weighted by Gasteiger charge is 2.32. The molecule has 1 aromatic carbocycles. The molecular formula is C10H5F3O4. The van der Waals surface area contributed by atoms with E-state index in [2.05, 4.69) is 4.42 Å². The van der Waals surface area contributed by atoms with Crippen molar-refractivity contribution in [2.24, 2.45) is 0 Å². The molecule has 0 spiro atoms. The highest BCUT2D eigenvalue weighted by atomic mass is 19.4. The first kappa shape index (κ1) is 11.3. The van der Waals surface area contributed by atoms with Crippen LogP contribution in [0.25, 0.3) is 11.0 Å². The van der Waals surface area contributed by atoms with Crippen LogP contribution in [0.5, 0.6) is 5.75 Å². The van der Waals surface area contributed by atoms with E-state index in [1.165, 1.54) is 0 Å². The molecule has 0 aliphatic heterocycles. The van der Waals surface area contributed by atoms with Crippen LogP contribution >= 0.6 is 0 Å². The molecule has 0 unspecified atom stereocenters. The van der Waals surface area contributed by atoms with E-state index in [-0.39, 0.29) is 11.0 Å². The van der Waals surface area contributed by atoms with E-state index >= 15 is 0 Å². The molecule has 0 amide bonds. The topological polar surface area (TPSA) is 70.7 Å². The van der Waals surface area contributed by atoms with Crippen molar-refractivity contribution in [1.82, 2.24) is 0 Å². The van der Waals surface area contributed by atoms with Gasteiger partial charge in [-0.3, -0.25) is 0 Å². The van der Waals surface area contributed by atoms with E-state index in [1.54, 1.807) is 0 Å². The first-order valence-electron chi connectivity index (χ1n) is 4.36. The highest BCUT2D eigenvalue weighted by Crippen LogP contribution is 2.37. The Hall–Kier alpha value is -2.18. The summed E-state index contributed by atoms with van der Waals surface area (Å²) in [4.78, 5) is 10.6. The van der Waals surface area contributed by atoms with Crippen LogP contribution in [0.1, 0.15) is 16.1 Å². The Labute approximate surface area is 91.9 Å². The van der Waals surface area contributed by atoms with Crippen molar-refractivity contribution in [3.8, 4) is 5.75 Å². The van der Waals surface area contributed by atoms with Gasteiger partial charge in [0.1, 0.15) is 11.3 Å². The number of phenols is 1. The summed E-state index contributed by atoms with van der Waals surface area (Å²) < 4.78 is 41.9. The molecule has 7 heteroatoms. The van der Waals surface area contributed by atoms with Crippen LogP contribution in [-0.2, 0) is 6.18 Å². The lowest BCUT2D eigenvalue weighted by atomic mass is 10.1. The summed E-state index contributed by atoms with van der Waals surface area (Å²) in [5.41, 5.74) is -1.43. The van der Waals surface area contributed by atoms with Gasteiger partial charge < -0.3 is 14.6 Å². The second kappa shape index (κ2) is 3.41. The Morgan fingerprint density at radius 2 is 1.88 bits per heavy atom. The van der Waals surface area contributed by atoms with Crippen molar-refractivity contribution < 1.29 is 32.6 Å². The second-order valence-electron chi connectivity index (χ2n) is 3.32. The number of furan rings is 1. The number of hydrogen-bond donors (Lipinski definition) is 2. The zero-order valence-corrected chi connectivity index (χ0v) is 8.08. The molecule has 0 aliphatic carbocycles. The molecule has 90 valence electrons. The van der Waals surface area contributed by atoms with Crippen LogP contribution in [-0.4, -0.2) is 16.2 Å². The van der Waals surface area contributed by atoms with Gasteiger partial charge in [-0.2, -0.15) is 13.2 Å². The molecule has 0 saturated heterocycles. The number of phenolic OH excluding ortho intramolecular Hbond substituents is 1. The van der Waals surface area contributed by atoms with Crippen LogP contribution in [0.2, 0.25) is 0 Å². The van der Waals surface area contributed by atoms with E-state index in [4.69, 9.17) is 5.11 Å². The van der Waals surface area contributed by atoms with Gasteiger partial charge in [0.2, 0.25) is 5.76 Å². The van der Waals surface area contributed by atoms with Crippen molar-refractivity contribution >= 4 is 16.9 Å². The van der Waals surface area contributed by atoms with Gasteiger partial charge in [-0.25, -0.2) is 4.79 Å². The molecule has 1 heterocycles. The van der Waals surface area contributed by atoms with Crippen molar-refractivity contribution in [3.63, 3.8) is 0 Å². The maximum absolute atomic E-state index is 12.4. The first-order valence-corrected chi connectivity index (χ1v) is 4.36. The van der Waals surface area contributed by atoms with Gasteiger partial charge in [0.25, 0.3) is 0 Å². The molecule has 0 atom stereocenters. The highest BCUT2D eigenvalue weighted by molar-refractivity contribution is 5.94. The van der Waals surface area contributed by atoms with Crippen LogP contribution < -0.4 is 0 Å². The predicted molar refractivity (Wildman–Crippen MR) is 49.8 cm³/mol. The number of carboxylic acids is 1. The van der Waals surface area contributed by atoms with Crippen LogP contribution in [0.4, 0.5) is 13.2 Å². The lowest BCUT2D eigenvalue weighted by molar-refractivity contribution is -0.137. The Bertz CT molecular complexity index is 597. The third-order valence-electron chi connectivity index (χ3n) is 2.15. The number of halogens is 3. The summed E-state index contributed by atoms with van der Waals surface area (Å²) in [5.74, 6) is -2.63. The van der Waals surface area contributed by atoms with Gasteiger partial charge in [-0.15, -0.1) is 0 Å². The molecule has 0 bridgehead atoms. The summed E-state index contributed by atoms with van der Waals surface area (Å²) >= 11 is 0. The number of benzene rings is 1. The Kier molecular flexibility index (Phi) is 2.27. The van der Waals surface area contributed by atoms with Gasteiger partial charge >= 0.3 is 12.1 Å². The number of carboxylic acid groups (broad SMARTS) is 1. The molecule has 0 fully saturated rings. The van der Waals surface area contributed by atoms with E-state index < -0.39 is 29.2 Å². The van der Waals surface area contributed by atoms with Crippen LogP contribution in [0.3, 0.4) is 0 Å². The fourth-order valence-corrected chi connectivity index (χ4v) is 1.39. The molecule has 0 radical (unpaired) electrons. The van der Waals surface area contributed by atoms with Gasteiger partial charge in [0.15, 0.2) is 0 Å². The number of rotatable bonds is 1. The smallest absolute Gasteiger partial charge is 0.416 e. The number of alkyl halides is 3. The van der Waals surface area contributed by atoms with Crippen molar-refractivity contribution in [2.45, 2.75) is 6.18 Å². The quantitative estimate of drug-likeness (QED) is 0.811. The van der Waals surface area contributed by atoms with Crippen molar-refractivity contribution in [2.75, 3.05) is 0 Å². The zero-order valence-electron chi connectivity index (χ0n) is 8.08. The number of hydrogen-bond acceptors (Lipinski definition) is 3. The normalized spacial score (nSPS) is 11.9. The average Bonchev–Trinajstić information content (AvgIpc) is 2.60. The minimum absolute atomic E-state index is 0.0737. The van der Waals surface area contributed by atoms with E-state index in [9.17, 15) is 23.1 Å². The molecule has 4 nitrogen and oxygen atoms in total. The molecular weight excluding hydrogens is 241 g/mol. The third kappa shape index (κ3) is 1.91. The van der Waals surface area contributed by atoms with E-state index in [1.807, 2.05) is 0 Å². The summed E-state index contributed by atoms with van der Waals surface area (Å²) in [6.07, 6.45) is -4.64. The Morgan fingerprint density at radius 3 is 2.41 bits per heavy atom. The van der Waals surface area contributed by atoms with Gasteiger partial charge in [0, 0.05) is 6.07 Å². The molecule has 0 aliphatic rings. The molecule has 2 aromatic rings. The lowest BCUT2D eigenvalue weighted by Crippen LogP contribution is -2.04. The molecule has 2 rings (SSSR count). The largest absolute Gasteiger partial charge is 0.507 e. The fourth-order valence-electron chi connectivity index (χ4n) is 1.39. The average molecular weight is 246 g/mol. The predicted octanol–water partition coefficient (Wildman–Crippen LogP) is 2.86. The van der Waals surface area contributed by atoms with Gasteiger partial charge in [0.05, 0.1) is 10.9 Å². The zero-order chi connectivity index (χ0) is 12.8. The number of carbonyl (C=O) groups is 1. The van der Waals surface area contributed by atoms with Crippen LogP contribution in [0.15, 0.2) is 22.6 Å². The number of aromatic hydroxyl groups is 1. The third-order valence-corrected chi connectivity index (χ3v) is 2.15. The first-order chi connectivity index (χ1) is 7.79. The number of aromatic carboxylic acids is 1. The number of fused-ring (bicyclic) bond motifs is 1. The maximum atomic E-state index is 12.4. The minimum atomic E-state index is -4.64. The standard InChI is InChI=1S/C10H5F3O4/c11-10(12,13)4-1-6(14)5-3-8(9(15)16)17-7(5)2-4/h1-3,14H,(H,15,16). The minimum Gasteiger partial charge on any atom is -0.507 e. The van der Waals surface area contributed by atoms with Gasteiger partial charge in [-0.05, 0) is 12.1 Å². The summed E-state index contributed by atoms with van der Waals surface area (Å²) in [5, 5.41) is 17.9. The maximum Gasteiger partial charge on any atom is 0.416 e. The summed E-state index contributed by atoms with van der Waals surface area (Å²) in [6, 6.07) is 2.12. The molecule has 0 saturated carbocycles. The van der Waals surface area contributed by atoms with Crippen molar-refractivity contribution in [1.29, 1.82) is 0 Å². The second-order valence-corrected chi connectivity index (χ2v) is 3.32. The van der Waals surface area contributed by atoms with Crippen LogP contribution in [0, 0.1) is 0 Å². The Morgan fingerprint density at radius 1 is 1.24 bits per heavy atom. The van der Waals surface area contributed by atoms with E-state index in [0.29, 0.717) is 12.1 Å². The van der Waals surface area contributed by atoms with Gasteiger partial charge in [-0.1, -0.05) is 0 Å². The molecule has 1 aromatic heterocycles. The SMILES string of the molecule is O=C(O)c1cc2c(O)cc(C(F)(F)F)cc2o1. The Balaban J connectivity index is 2.69. The van der Waals surface area contributed by atoms with Crippen molar-refractivity contribution in [3.05, 3.63) is 29.5 Å². The lowest BCUT2D eigenvalue weighted by Gasteiger charge is -2.06.